The van der Waals surface area contributed by atoms with Crippen LogP contribution in [-0.2, 0) is 14.4 Å². The fourth-order valence-electron chi connectivity index (χ4n) is 4.24. The van der Waals surface area contributed by atoms with Crippen molar-refractivity contribution in [3.8, 4) is 0 Å². The number of carbonyl (C=O) groups is 3. The van der Waals surface area contributed by atoms with Crippen LogP contribution in [0.4, 0.5) is 0 Å². The summed E-state index contributed by atoms with van der Waals surface area (Å²) >= 11 is 0. The Bertz CT molecular complexity index is 525. The molecular formula is C31H62N2O4. The number of aliphatic carboxylic acids is 1. The first-order valence-corrected chi connectivity index (χ1v) is 15.4. The molecule has 2 unspecified atom stereocenters. The molecule has 0 aliphatic carbocycles. The first-order chi connectivity index (χ1) is 17.8. The zero-order valence-corrected chi connectivity index (χ0v) is 25.2. The molecule has 0 aromatic rings. The Kier molecular flexibility index (Phi) is 29.7. The van der Waals surface area contributed by atoms with Gasteiger partial charge < -0.3 is 20.1 Å². The number of nitrogens with zero attached hydrogens (tertiary/aromatic N) is 1. The van der Waals surface area contributed by atoms with E-state index in [9.17, 15) is 14.4 Å². The van der Waals surface area contributed by atoms with Gasteiger partial charge in [0.1, 0.15) is 6.29 Å². The van der Waals surface area contributed by atoms with Gasteiger partial charge in [0.05, 0.1) is 0 Å². The number of hydrogen-bond acceptors (Lipinski definition) is 4. The van der Waals surface area contributed by atoms with E-state index in [1.165, 1.54) is 64.2 Å². The molecule has 37 heavy (non-hydrogen) atoms. The van der Waals surface area contributed by atoms with Crippen LogP contribution in [0.5, 0.6) is 0 Å². The van der Waals surface area contributed by atoms with Crippen LogP contribution in [-0.4, -0.2) is 54.9 Å². The Morgan fingerprint density at radius 2 is 1.24 bits per heavy atom. The predicted octanol–water partition coefficient (Wildman–Crippen LogP) is 7.78. The van der Waals surface area contributed by atoms with Gasteiger partial charge in [-0.2, -0.15) is 0 Å². The number of carbonyl (C=O) groups excluding carboxylic acids is 2. The number of amides is 1. The average molecular weight is 527 g/mol. The predicted molar refractivity (Wildman–Crippen MR) is 157 cm³/mol. The molecule has 6 nitrogen and oxygen atoms in total. The highest BCUT2D eigenvalue weighted by Crippen LogP contribution is 2.15. The molecule has 0 heterocycles. The fourth-order valence-corrected chi connectivity index (χ4v) is 4.24. The van der Waals surface area contributed by atoms with Crippen LogP contribution in [0.3, 0.4) is 0 Å². The summed E-state index contributed by atoms with van der Waals surface area (Å²) in [5.74, 6) is -0.395. The number of aldehydes is 1. The normalized spacial score (nSPS) is 12.5. The van der Waals surface area contributed by atoms with Gasteiger partial charge in [-0.05, 0) is 52.7 Å². The average Bonchev–Trinajstić information content (AvgIpc) is 2.86. The van der Waals surface area contributed by atoms with Gasteiger partial charge in [-0.25, -0.2) is 0 Å². The van der Waals surface area contributed by atoms with E-state index in [4.69, 9.17) is 5.11 Å². The number of rotatable bonds is 25. The van der Waals surface area contributed by atoms with E-state index in [2.05, 4.69) is 24.1 Å². The Morgan fingerprint density at radius 3 is 1.73 bits per heavy atom. The van der Waals surface area contributed by atoms with Gasteiger partial charge in [0, 0.05) is 24.8 Å². The largest absolute Gasteiger partial charge is 0.481 e. The topological polar surface area (TPSA) is 86.7 Å². The number of hydrogen-bond donors (Lipinski definition) is 2. The Labute approximate surface area is 229 Å². The lowest BCUT2D eigenvalue weighted by atomic mass is 9.99. The van der Waals surface area contributed by atoms with Gasteiger partial charge in [-0.15, -0.1) is 0 Å². The minimum atomic E-state index is -0.670. The van der Waals surface area contributed by atoms with Crippen LogP contribution in [0.25, 0.3) is 0 Å². The van der Waals surface area contributed by atoms with Crippen molar-refractivity contribution in [3.05, 3.63) is 0 Å². The molecule has 0 radical (unpaired) electrons. The number of unbranched alkanes of at least 4 members (excludes halogenated alkanes) is 13. The van der Waals surface area contributed by atoms with Gasteiger partial charge in [-0.3, -0.25) is 9.59 Å². The van der Waals surface area contributed by atoms with Crippen molar-refractivity contribution in [2.24, 2.45) is 5.92 Å². The zero-order chi connectivity index (χ0) is 28.2. The molecule has 0 fully saturated rings. The summed E-state index contributed by atoms with van der Waals surface area (Å²) in [6.07, 6.45) is 22.9. The summed E-state index contributed by atoms with van der Waals surface area (Å²) in [5, 5.41) is 11.6. The highest BCUT2D eigenvalue weighted by molar-refractivity contribution is 5.78. The standard InChI is InChI=1S/C23H46N2O2.C8H16O2/c1-5-6-7-8-9-10-13-16-22(17-14-11-12-15-20-26)24-23(27)21(2)18-19-25(3)4;1-2-3-4-5-6-7-8(9)10/h20-22H,5-19H2,1-4H3,(H,24,27);2-7H2,1H3,(H,9,10). The van der Waals surface area contributed by atoms with Gasteiger partial charge >= 0.3 is 5.97 Å². The third-order valence-corrected chi connectivity index (χ3v) is 6.83. The number of nitrogens with one attached hydrogen (secondary N) is 1. The SMILES string of the molecule is CCCCCCCC(=O)O.CCCCCCCCCC(CCCCCC=O)NC(=O)C(C)CCN(C)C. The molecule has 1 amide bonds. The van der Waals surface area contributed by atoms with E-state index in [0.29, 0.717) is 18.9 Å². The van der Waals surface area contributed by atoms with E-state index in [-0.39, 0.29) is 11.8 Å². The van der Waals surface area contributed by atoms with Crippen molar-refractivity contribution in [1.82, 2.24) is 10.2 Å². The van der Waals surface area contributed by atoms with Crippen molar-refractivity contribution < 1.29 is 19.5 Å². The molecule has 2 N–H and O–H groups in total. The Morgan fingerprint density at radius 1 is 0.757 bits per heavy atom. The maximum atomic E-state index is 12.5. The second-order valence-corrected chi connectivity index (χ2v) is 11.0. The smallest absolute Gasteiger partial charge is 0.303 e. The van der Waals surface area contributed by atoms with Crippen LogP contribution in [0.1, 0.15) is 149 Å². The van der Waals surface area contributed by atoms with Gasteiger partial charge in [0.15, 0.2) is 0 Å². The summed E-state index contributed by atoms with van der Waals surface area (Å²) in [4.78, 5) is 35.1. The van der Waals surface area contributed by atoms with E-state index in [1.807, 2.05) is 21.0 Å². The van der Waals surface area contributed by atoms with Crippen molar-refractivity contribution in [2.45, 2.75) is 155 Å². The minimum Gasteiger partial charge on any atom is -0.481 e. The van der Waals surface area contributed by atoms with Crippen molar-refractivity contribution in [3.63, 3.8) is 0 Å². The Balaban J connectivity index is 0. The lowest BCUT2D eigenvalue weighted by molar-refractivity contribution is -0.137. The summed E-state index contributed by atoms with van der Waals surface area (Å²) in [6.45, 7) is 7.38. The molecule has 6 heteroatoms. The van der Waals surface area contributed by atoms with E-state index in [1.54, 1.807) is 0 Å². The first-order valence-electron chi connectivity index (χ1n) is 15.4. The number of carboxylic acids is 1. The first kappa shape index (κ1) is 37.7. The highest BCUT2D eigenvalue weighted by atomic mass is 16.4. The van der Waals surface area contributed by atoms with Gasteiger partial charge in [0.2, 0.25) is 5.91 Å². The summed E-state index contributed by atoms with van der Waals surface area (Å²) < 4.78 is 0. The summed E-state index contributed by atoms with van der Waals surface area (Å²) in [5.41, 5.74) is 0. The molecular weight excluding hydrogens is 464 g/mol. The molecule has 0 aromatic heterocycles. The van der Waals surface area contributed by atoms with Gasteiger partial charge in [-0.1, -0.05) is 104 Å². The quantitative estimate of drug-likeness (QED) is 0.0936. The summed E-state index contributed by atoms with van der Waals surface area (Å²) in [6, 6.07) is 0.297. The second-order valence-electron chi connectivity index (χ2n) is 11.0. The van der Waals surface area contributed by atoms with Crippen LogP contribution in [0.2, 0.25) is 0 Å². The third-order valence-electron chi connectivity index (χ3n) is 6.83. The molecule has 0 bridgehead atoms. The van der Waals surface area contributed by atoms with Crippen LogP contribution in [0.15, 0.2) is 0 Å². The van der Waals surface area contributed by atoms with Crippen molar-refractivity contribution in [1.29, 1.82) is 0 Å². The van der Waals surface area contributed by atoms with E-state index >= 15 is 0 Å². The second kappa shape index (κ2) is 29.1. The summed E-state index contributed by atoms with van der Waals surface area (Å²) in [7, 11) is 4.10. The molecule has 220 valence electrons. The maximum absolute atomic E-state index is 12.5. The molecule has 0 aliphatic rings. The van der Waals surface area contributed by atoms with Crippen LogP contribution < -0.4 is 5.32 Å². The Hall–Kier alpha value is -1.43. The molecule has 0 spiro atoms. The molecule has 0 saturated heterocycles. The molecule has 0 saturated carbocycles. The maximum Gasteiger partial charge on any atom is 0.303 e. The molecule has 2 atom stereocenters. The lowest BCUT2D eigenvalue weighted by Crippen LogP contribution is -2.39. The molecule has 0 aliphatic heterocycles. The fraction of sp³-hybridized carbons (Fsp3) is 0.903. The van der Waals surface area contributed by atoms with Crippen LogP contribution in [0, 0.1) is 5.92 Å². The van der Waals surface area contributed by atoms with Crippen molar-refractivity contribution >= 4 is 18.2 Å². The van der Waals surface area contributed by atoms with Crippen molar-refractivity contribution in [2.75, 3.05) is 20.6 Å². The van der Waals surface area contributed by atoms with E-state index in [0.717, 1.165) is 64.2 Å². The van der Waals surface area contributed by atoms with Crippen LogP contribution >= 0.6 is 0 Å². The monoisotopic (exact) mass is 526 g/mol. The number of carboxylic acid groups (broad SMARTS) is 1. The zero-order valence-electron chi connectivity index (χ0n) is 25.2. The molecule has 0 rings (SSSR count). The minimum absolute atomic E-state index is 0.0685. The van der Waals surface area contributed by atoms with Gasteiger partial charge in [0.25, 0.3) is 0 Å². The molecule has 0 aromatic carbocycles. The highest BCUT2D eigenvalue weighted by Gasteiger charge is 2.17. The van der Waals surface area contributed by atoms with E-state index < -0.39 is 5.97 Å². The third kappa shape index (κ3) is 30.7. The lowest BCUT2D eigenvalue weighted by Gasteiger charge is -2.22.